The van der Waals surface area contributed by atoms with Gasteiger partial charge in [-0.2, -0.15) is 0 Å². The van der Waals surface area contributed by atoms with E-state index in [9.17, 15) is 14.4 Å². The first-order chi connectivity index (χ1) is 16.4. The number of benzene rings is 2. The van der Waals surface area contributed by atoms with Crippen molar-refractivity contribution >= 4 is 29.1 Å². The van der Waals surface area contributed by atoms with Crippen LogP contribution in [0.3, 0.4) is 0 Å². The van der Waals surface area contributed by atoms with Gasteiger partial charge in [0.15, 0.2) is 0 Å². The normalized spacial score (nSPS) is 18.7. The zero-order chi connectivity index (χ0) is 24.1. The maximum Gasteiger partial charge on any atom is 0.253 e. The number of para-hydroxylation sites is 1. The molecular formula is C26H32N4O4. The summed E-state index contributed by atoms with van der Waals surface area (Å²) >= 11 is 0. The maximum atomic E-state index is 13.0. The van der Waals surface area contributed by atoms with Crippen LogP contribution in [0.1, 0.15) is 27.9 Å². The molecule has 0 saturated carbocycles. The number of carbonyl (C=O) groups excluding carboxylic acids is 3. The van der Waals surface area contributed by atoms with Gasteiger partial charge in [0.1, 0.15) is 0 Å². The Kier molecular flexibility index (Phi) is 7.59. The summed E-state index contributed by atoms with van der Waals surface area (Å²) < 4.78 is 5.35. The van der Waals surface area contributed by atoms with Gasteiger partial charge in [-0.05, 0) is 49.2 Å². The van der Waals surface area contributed by atoms with E-state index in [4.69, 9.17) is 4.74 Å². The third-order valence-electron chi connectivity index (χ3n) is 6.54. The molecule has 2 aromatic carbocycles. The Morgan fingerprint density at radius 3 is 2.59 bits per heavy atom. The summed E-state index contributed by atoms with van der Waals surface area (Å²) in [7, 11) is 0. The van der Waals surface area contributed by atoms with Crippen LogP contribution in [0.15, 0.2) is 42.5 Å². The molecule has 0 unspecified atom stereocenters. The monoisotopic (exact) mass is 464 g/mol. The number of morpholine rings is 1. The highest BCUT2D eigenvalue weighted by Gasteiger charge is 2.35. The Bertz CT molecular complexity index is 1060. The van der Waals surface area contributed by atoms with E-state index >= 15 is 0 Å². The first-order valence-corrected chi connectivity index (χ1v) is 11.8. The first kappa shape index (κ1) is 23.9. The fourth-order valence-electron chi connectivity index (χ4n) is 4.30. The molecule has 2 aliphatic rings. The Morgan fingerprint density at radius 1 is 1.06 bits per heavy atom. The number of nitrogens with zero attached hydrogens (tertiary/aromatic N) is 2. The molecule has 0 aliphatic carbocycles. The SMILES string of the molecule is Cc1ccc(N2C[C@H](C(=O)Nc3ccccc3C(=O)NCCN3CCOCC3)CC2=O)cc1C. The van der Waals surface area contributed by atoms with Crippen molar-refractivity contribution in [3.63, 3.8) is 0 Å². The lowest BCUT2D eigenvalue weighted by atomic mass is 10.1. The molecule has 2 fully saturated rings. The molecule has 34 heavy (non-hydrogen) atoms. The van der Waals surface area contributed by atoms with Gasteiger partial charge in [-0.3, -0.25) is 19.3 Å². The van der Waals surface area contributed by atoms with Crippen LogP contribution in [-0.4, -0.2) is 68.6 Å². The van der Waals surface area contributed by atoms with Crippen molar-refractivity contribution in [3.05, 3.63) is 59.2 Å². The van der Waals surface area contributed by atoms with Crippen molar-refractivity contribution in [2.24, 2.45) is 5.92 Å². The van der Waals surface area contributed by atoms with Crippen molar-refractivity contribution in [1.29, 1.82) is 0 Å². The van der Waals surface area contributed by atoms with Crippen molar-refractivity contribution < 1.29 is 19.1 Å². The Hall–Kier alpha value is -3.23. The summed E-state index contributed by atoms with van der Waals surface area (Å²) in [5.41, 5.74) is 3.93. The number of nitrogens with one attached hydrogen (secondary N) is 2. The van der Waals surface area contributed by atoms with Gasteiger partial charge in [-0.15, -0.1) is 0 Å². The van der Waals surface area contributed by atoms with Crippen LogP contribution in [0.5, 0.6) is 0 Å². The van der Waals surface area contributed by atoms with E-state index in [0.29, 0.717) is 37.6 Å². The topological polar surface area (TPSA) is 91.0 Å². The van der Waals surface area contributed by atoms with Crippen molar-refractivity contribution in [1.82, 2.24) is 10.2 Å². The molecular weight excluding hydrogens is 432 g/mol. The predicted octanol–water partition coefficient (Wildman–Crippen LogP) is 2.36. The molecule has 2 heterocycles. The number of carbonyl (C=O) groups is 3. The second-order valence-corrected chi connectivity index (χ2v) is 8.92. The number of ether oxygens (including phenoxy) is 1. The third kappa shape index (κ3) is 5.63. The summed E-state index contributed by atoms with van der Waals surface area (Å²) in [5, 5.41) is 5.82. The number of rotatable bonds is 7. The van der Waals surface area contributed by atoms with Gasteiger partial charge in [-0.1, -0.05) is 18.2 Å². The van der Waals surface area contributed by atoms with Gasteiger partial charge in [0.25, 0.3) is 5.91 Å². The molecule has 0 bridgehead atoms. The highest BCUT2D eigenvalue weighted by atomic mass is 16.5. The first-order valence-electron chi connectivity index (χ1n) is 11.8. The molecule has 0 spiro atoms. The Balaban J connectivity index is 1.36. The molecule has 2 aliphatic heterocycles. The van der Waals surface area contributed by atoms with Crippen molar-refractivity contribution in [2.45, 2.75) is 20.3 Å². The smallest absolute Gasteiger partial charge is 0.253 e. The van der Waals surface area contributed by atoms with Gasteiger partial charge in [0.2, 0.25) is 11.8 Å². The van der Waals surface area contributed by atoms with Crippen LogP contribution in [0.2, 0.25) is 0 Å². The maximum absolute atomic E-state index is 13.0. The molecule has 4 rings (SSSR count). The summed E-state index contributed by atoms with van der Waals surface area (Å²) in [6, 6.07) is 12.8. The molecule has 2 N–H and O–H groups in total. The highest BCUT2D eigenvalue weighted by molar-refractivity contribution is 6.07. The second kappa shape index (κ2) is 10.8. The fourth-order valence-corrected chi connectivity index (χ4v) is 4.30. The number of amides is 3. The lowest BCUT2D eigenvalue weighted by Gasteiger charge is -2.26. The lowest BCUT2D eigenvalue weighted by Crippen LogP contribution is -2.41. The van der Waals surface area contributed by atoms with Crippen molar-refractivity contribution in [2.75, 3.05) is 56.2 Å². The van der Waals surface area contributed by atoms with E-state index in [-0.39, 0.29) is 24.1 Å². The zero-order valence-corrected chi connectivity index (χ0v) is 19.8. The van der Waals surface area contributed by atoms with Crippen LogP contribution in [0.4, 0.5) is 11.4 Å². The average Bonchev–Trinajstić information content (AvgIpc) is 3.23. The molecule has 180 valence electrons. The summed E-state index contributed by atoms with van der Waals surface area (Å²) in [6.45, 7) is 8.78. The summed E-state index contributed by atoms with van der Waals surface area (Å²) in [5.74, 6) is -1.04. The number of hydrogen-bond acceptors (Lipinski definition) is 5. The van der Waals surface area contributed by atoms with E-state index < -0.39 is 5.92 Å². The zero-order valence-electron chi connectivity index (χ0n) is 19.8. The fraction of sp³-hybridized carbons (Fsp3) is 0.423. The molecule has 1 atom stereocenters. The molecule has 3 amide bonds. The minimum atomic E-state index is -0.480. The minimum absolute atomic E-state index is 0.0717. The second-order valence-electron chi connectivity index (χ2n) is 8.92. The standard InChI is InChI=1S/C26H32N4O4/c1-18-7-8-21(15-19(18)2)30-17-20(16-24(30)31)25(32)28-23-6-4-3-5-22(23)26(33)27-9-10-29-11-13-34-14-12-29/h3-8,15,20H,9-14,16-17H2,1-2H3,(H,27,33)(H,28,32)/t20-/m1/s1. The van der Waals surface area contributed by atoms with E-state index in [1.165, 1.54) is 0 Å². The molecule has 8 nitrogen and oxygen atoms in total. The highest BCUT2D eigenvalue weighted by Crippen LogP contribution is 2.28. The van der Waals surface area contributed by atoms with E-state index in [1.54, 1.807) is 29.2 Å². The Morgan fingerprint density at radius 2 is 1.82 bits per heavy atom. The number of anilines is 2. The molecule has 2 aromatic rings. The summed E-state index contributed by atoms with van der Waals surface area (Å²) in [6.07, 6.45) is 0.146. The number of hydrogen-bond donors (Lipinski definition) is 2. The van der Waals surface area contributed by atoms with E-state index in [0.717, 1.165) is 36.4 Å². The van der Waals surface area contributed by atoms with E-state index in [1.807, 2.05) is 32.0 Å². The molecule has 2 saturated heterocycles. The Labute approximate surface area is 200 Å². The largest absolute Gasteiger partial charge is 0.379 e. The van der Waals surface area contributed by atoms with Crippen molar-refractivity contribution in [3.8, 4) is 0 Å². The van der Waals surface area contributed by atoms with Gasteiger partial charge in [-0.25, -0.2) is 0 Å². The van der Waals surface area contributed by atoms with Gasteiger partial charge < -0.3 is 20.3 Å². The van der Waals surface area contributed by atoms with E-state index in [2.05, 4.69) is 15.5 Å². The van der Waals surface area contributed by atoms with Crippen LogP contribution < -0.4 is 15.5 Å². The minimum Gasteiger partial charge on any atom is -0.379 e. The molecule has 0 radical (unpaired) electrons. The third-order valence-corrected chi connectivity index (χ3v) is 6.54. The van der Waals surface area contributed by atoms with Crippen LogP contribution in [-0.2, 0) is 14.3 Å². The lowest BCUT2D eigenvalue weighted by molar-refractivity contribution is -0.122. The predicted molar refractivity (Wildman–Crippen MR) is 131 cm³/mol. The number of aryl methyl sites for hydroxylation is 2. The van der Waals surface area contributed by atoms with Crippen LogP contribution in [0, 0.1) is 19.8 Å². The quantitative estimate of drug-likeness (QED) is 0.657. The van der Waals surface area contributed by atoms with Crippen LogP contribution in [0.25, 0.3) is 0 Å². The van der Waals surface area contributed by atoms with Gasteiger partial charge in [0, 0.05) is 44.8 Å². The molecule has 0 aromatic heterocycles. The van der Waals surface area contributed by atoms with Crippen LogP contribution >= 0.6 is 0 Å². The average molecular weight is 465 g/mol. The summed E-state index contributed by atoms with van der Waals surface area (Å²) in [4.78, 5) is 42.3. The van der Waals surface area contributed by atoms with Gasteiger partial charge >= 0.3 is 0 Å². The van der Waals surface area contributed by atoms with Gasteiger partial charge in [0.05, 0.1) is 30.4 Å². The molecule has 8 heteroatoms.